The number of hydrogen-bond acceptors (Lipinski definition) is 3. The zero-order valence-electron chi connectivity index (χ0n) is 15.1. The predicted octanol–water partition coefficient (Wildman–Crippen LogP) is 2.89. The molecule has 1 amide bonds. The van der Waals surface area contributed by atoms with Crippen molar-refractivity contribution in [1.29, 1.82) is 0 Å². The highest BCUT2D eigenvalue weighted by atomic mass is 16.2. The number of carbonyl (C=O) groups excluding carboxylic acids is 1. The second-order valence-corrected chi connectivity index (χ2v) is 7.31. The van der Waals surface area contributed by atoms with Gasteiger partial charge in [0.05, 0.1) is 5.41 Å². The van der Waals surface area contributed by atoms with Gasteiger partial charge in [-0.25, -0.2) is 0 Å². The Morgan fingerprint density at radius 1 is 1.08 bits per heavy atom. The van der Waals surface area contributed by atoms with E-state index in [0.717, 1.165) is 58.4 Å². The van der Waals surface area contributed by atoms with E-state index in [0.29, 0.717) is 6.04 Å². The first-order valence-corrected chi connectivity index (χ1v) is 9.50. The third-order valence-electron chi connectivity index (χ3n) is 6.10. The van der Waals surface area contributed by atoms with E-state index < -0.39 is 0 Å². The first kappa shape index (κ1) is 17.3. The minimum Gasteiger partial charge on any atom is -0.369 e. The van der Waals surface area contributed by atoms with Gasteiger partial charge in [0.1, 0.15) is 0 Å². The number of carbonyl (C=O) groups is 1. The van der Waals surface area contributed by atoms with Crippen molar-refractivity contribution in [3.63, 3.8) is 0 Å². The molecule has 0 spiro atoms. The van der Waals surface area contributed by atoms with Gasteiger partial charge in [0.25, 0.3) is 0 Å². The van der Waals surface area contributed by atoms with Crippen LogP contribution in [0, 0.1) is 5.41 Å². The topological polar surface area (TPSA) is 35.6 Å². The van der Waals surface area contributed by atoms with Gasteiger partial charge < -0.3 is 10.2 Å². The SMILES string of the molecule is CCC1(CC)CC(CCN2CCN(c3ccccc3)CC2)NC1=O. The number of benzene rings is 1. The number of para-hydroxylation sites is 1. The maximum atomic E-state index is 12.3. The molecule has 1 aromatic rings. The Kier molecular flexibility index (Phi) is 5.44. The third kappa shape index (κ3) is 3.59. The fourth-order valence-electron chi connectivity index (χ4n) is 4.19. The molecule has 4 heteroatoms. The Morgan fingerprint density at radius 3 is 2.33 bits per heavy atom. The highest BCUT2D eigenvalue weighted by Crippen LogP contribution is 2.37. The third-order valence-corrected chi connectivity index (χ3v) is 6.10. The number of rotatable bonds is 6. The van der Waals surface area contributed by atoms with Crippen LogP contribution in [0.4, 0.5) is 5.69 Å². The standard InChI is InChI=1S/C20H31N3O/c1-3-20(4-2)16-17(21-19(20)24)10-11-22-12-14-23(15-13-22)18-8-6-5-7-9-18/h5-9,17H,3-4,10-16H2,1-2H3,(H,21,24). The molecule has 1 atom stereocenters. The molecule has 2 fully saturated rings. The summed E-state index contributed by atoms with van der Waals surface area (Å²) in [5.41, 5.74) is 1.23. The smallest absolute Gasteiger partial charge is 0.226 e. The molecule has 132 valence electrons. The van der Waals surface area contributed by atoms with E-state index in [1.165, 1.54) is 5.69 Å². The lowest BCUT2D eigenvalue weighted by Crippen LogP contribution is -2.47. The molecular weight excluding hydrogens is 298 g/mol. The van der Waals surface area contributed by atoms with Crippen LogP contribution in [0.5, 0.6) is 0 Å². The molecule has 2 aliphatic heterocycles. The van der Waals surface area contributed by atoms with Crippen LogP contribution in [0.2, 0.25) is 0 Å². The van der Waals surface area contributed by atoms with Crippen molar-refractivity contribution in [2.24, 2.45) is 5.41 Å². The first-order chi connectivity index (χ1) is 11.7. The maximum absolute atomic E-state index is 12.3. The van der Waals surface area contributed by atoms with Crippen LogP contribution >= 0.6 is 0 Å². The Labute approximate surface area is 146 Å². The maximum Gasteiger partial charge on any atom is 0.226 e. The quantitative estimate of drug-likeness (QED) is 0.872. The van der Waals surface area contributed by atoms with Crippen molar-refractivity contribution in [2.75, 3.05) is 37.6 Å². The molecule has 2 aliphatic rings. The zero-order chi connectivity index (χ0) is 17.0. The average Bonchev–Trinajstić information content (AvgIpc) is 2.97. The molecule has 1 aromatic carbocycles. The first-order valence-electron chi connectivity index (χ1n) is 9.50. The molecule has 1 N–H and O–H groups in total. The number of hydrogen-bond donors (Lipinski definition) is 1. The summed E-state index contributed by atoms with van der Waals surface area (Å²) in [6.07, 6.45) is 4.02. The van der Waals surface area contributed by atoms with Crippen LogP contribution in [0.3, 0.4) is 0 Å². The molecule has 2 saturated heterocycles. The van der Waals surface area contributed by atoms with E-state index >= 15 is 0 Å². The monoisotopic (exact) mass is 329 g/mol. The van der Waals surface area contributed by atoms with E-state index in [-0.39, 0.29) is 11.3 Å². The van der Waals surface area contributed by atoms with E-state index in [1.807, 2.05) is 0 Å². The summed E-state index contributed by atoms with van der Waals surface area (Å²) in [5, 5.41) is 3.24. The van der Waals surface area contributed by atoms with Crippen molar-refractivity contribution in [1.82, 2.24) is 10.2 Å². The molecule has 0 saturated carbocycles. The van der Waals surface area contributed by atoms with Gasteiger partial charge in [-0.1, -0.05) is 32.0 Å². The lowest BCUT2D eigenvalue weighted by molar-refractivity contribution is -0.128. The number of amides is 1. The van der Waals surface area contributed by atoms with Gasteiger partial charge in [-0.15, -0.1) is 0 Å². The van der Waals surface area contributed by atoms with Crippen molar-refractivity contribution < 1.29 is 4.79 Å². The fourth-order valence-corrected chi connectivity index (χ4v) is 4.19. The average molecular weight is 329 g/mol. The van der Waals surface area contributed by atoms with Gasteiger partial charge >= 0.3 is 0 Å². The fraction of sp³-hybridized carbons (Fsp3) is 0.650. The van der Waals surface area contributed by atoms with Gasteiger partial charge in [-0.2, -0.15) is 0 Å². The van der Waals surface area contributed by atoms with Crippen LogP contribution in [-0.2, 0) is 4.79 Å². The number of nitrogens with zero attached hydrogens (tertiary/aromatic N) is 2. The van der Waals surface area contributed by atoms with Crippen molar-refractivity contribution in [2.45, 2.75) is 45.6 Å². The molecule has 0 radical (unpaired) electrons. The minimum absolute atomic E-state index is 0.101. The summed E-state index contributed by atoms with van der Waals surface area (Å²) >= 11 is 0. The predicted molar refractivity (Wildman–Crippen MR) is 99.3 cm³/mol. The molecule has 3 rings (SSSR count). The number of nitrogens with one attached hydrogen (secondary N) is 1. The van der Waals surface area contributed by atoms with Crippen molar-refractivity contribution >= 4 is 11.6 Å². The molecule has 2 heterocycles. The number of anilines is 1. The van der Waals surface area contributed by atoms with Gasteiger partial charge in [0.2, 0.25) is 5.91 Å². The van der Waals surface area contributed by atoms with Crippen LogP contribution in [-0.4, -0.2) is 49.6 Å². The summed E-state index contributed by atoms with van der Waals surface area (Å²) in [7, 11) is 0. The largest absolute Gasteiger partial charge is 0.369 e. The Morgan fingerprint density at radius 2 is 1.75 bits per heavy atom. The molecule has 0 aliphatic carbocycles. The van der Waals surface area contributed by atoms with Gasteiger partial charge in [0, 0.05) is 44.5 Å². The summed E-state index contributed by atoms with van der Waals surface area (Å²) in [6, 6.07) is 11.0. The molecule has 0 bridgehead atoms. The van der Waals surface area contributed by atoms with Crippen molar-refractivity contribution in [3.8, 4) is 0 Å². The summed E-state index contributed by atoms with van der Waals surface area (Å²) in [4.78, 5) is 17.3. The van der Waals surface area contributed by atoms with Gasteiger partial charge in [-0.05, 0) is 37.8 Å². The van der Waals surface area contributed by atoms with E-state index in [1.54, 1.807) is 0 Å². The summed E-state index contributed by atoms with van der Waals surface area (Å²) in [5.74, 6) is 0.284. The summed E-state index contributed by atoms with van der Waals surface area (Å²) in [6.45, 7) is 9.80. The molecule has 24 heavy (non-hydrogen) atoms. The van der Waals surface area contributed by atoms with Gasteiger partial charge in [0.15, 0.2) is 0 Å². The van der Waals surface area contributed by atoms with E-state index in [4.69, 9.17) is 0 Å². The van der Waals surface area contributed by atoms with Crippen LogP contribution in [0.15, 0.2) is 30.3 Å². The van der Waals surface area contributed by atoms with Crippen LogP contribution in [0.25, 0.3) is 0 Å². The van der Waals surface area contributed by atoms with Crippen molar-refractivity contribution in [3.05, 3.63) is 30.3 Å². The normalized spacial score (nSPS) is 24.2. The van der Waals surface area contributed by atoms with Gasteiger partial charge in [-0.3, -0.25) is 9.69 Å². The Hall–Kier alpha value is -1.55. The number of piperazine rings is 1. The van der Waals surface area contributed by atoms with Crippen LogP contribution in [0.1, 0.15) is 39.5 Å². The zero-order valence-corrected chi connectivity index (χ0v) is 15.1. The highest BCUT2D eigenvalue weighted by molar-refractivity contribution is 5.85. The highest BCUT2D eigenvalue weighted by Gasteiger charge is 2.43. The molecular formula is C20H31N3O. The Bertz CT molecular complexity index is 533. The summed E-state index contributed by atoms with van der Waals surface area (Å²) < 4.78 is 0. The molecule has 0 aromatic heterocycles. The van der Waals surface area contributed by atoms with E-state index in [2.05, 4.69) is 59.3 Å². The minimum atomic E-state index is -0.101. The van der Waals surface area contributed by atoms with E-state index in [9.17, 15) is 4.79 Å². The molecule has 1 unspecified atom stereocenters. The lowest BCUT2D eigenvalue weighted by Gasteiger charge is -2.36. The second-order valence-electron chi connectivity index (χ2n) is 7.31. The Balaban J connectivity index is 1.44. The molecule has 4 nitrogen and oxygen atoms in total. The second kappa shape index (κ2) is 7.56. The lowest BCUT2D eigenvalue weighted by atomic mass is 9.79. The van der Waals surface area contributed by atoms with Crippen LogP contribution < -0.4 is 10.2 Å².